The molecule has 0 radical (unpaired) electrons. The first-order valence-electron chi connectivity index (χ1n) is 8.92. The lowest BCUT2D eigenvalue weighted by atomic mass is 9.94. The number of pyridine rings is 1. The Morgan fingerprint density at radius 2 is 1.96 bits per heavy atom. The Bertz CT molecular complexity index is 733. The van der Waals surface area contributed by atoms with E-state index in [4.69, 9.17) is 0 Å². The van der Waals surface area contributed by atoms with E-state index in [9.17, 15) is 4.79 Å². The summed E-state index contributed by atoms with van der Waals surface area (Å²) in [7, 11) is 0. The van der Waals surface area contributed by atoms with Crippen molar-refractivity contribution in [1.82, 2.24) is 9.88 Å². The maximum absolute atomic E-state index is 11.8. The van der Waals surface area contributed by atoms with Gasteiger partial charge in [-0.1, -0.05) is 19.3 Å². The average Bonchev–Trinajstić information content (AvgIpc) is 3.04. The Balaban J connectivity index is 1.43. The number of H-pyrrole nitrogens is 1. The molecule has 2 aliphatic rings. The van der Waals surface area contributed by atoms with Gasteiger partial charge in [0, 0.05) is 42.4 Å². The smallest absolute Gasteiger partial charge is 0.255 e. The van der Waals surface area contributed by atoms with Crippen molar-refractivity contribution in [2.24, 2.45) is 0 Å². The second-order valence-corrected chi connectivity index (χ2v) is 7.03. The molecule has 1 aromatic carbocycles. The minimum atomic E-state index is -0.0154. The van der Waals surface area contributed by atoms with Gasteiger partial charge in [0.15, 0.2) is 0 Å². The molecule has 0 bridgehead atoms. The molecule has 0 amide bonds. The van der Waals surface area contributed by atoms with E-state index in [1.165, 1.54) is 45.1 Å². The summed E-state index contributed by atoms with van der Waals surface area (Å²) in [5.41, 5.74) is 1.11. The number of aromatic amines is 1. The van der Waals surface area contributed by atoms with Gasteiger partial charge in [0.2, 0.25) is 0 Å². The van der Waals surface area contributed by atoms with Crippen molar-refractivity contribution in [3.05, 3.63) is 40.8 Å². The van der Waals surface area contributed by atoms with Crippen LogP contribution in [0.15, 0.2) is 35.3 Å². The van der Waals surface area contributed by atoms with Crippen LogP contribution in [0, 0.1) is 0 Å². The van der Waals surface area contributed by atoms with E-state index in [1.54, 1.807) is 6.20 Å². The summed E-state index contributed by atoms with van der Waals surface area (Å²) >= 11 is 0. The molecule has 2 aromatic rings. The topological polar surface area (TPSA) is 48.1 Å². The molecule has 0 spiro atoms. The molecule has 1 unspecified atom stereocenters. The van der Waals surface area contributed by atoms with Crippen LogP contribution < -0.4 is 10.9 Å². The van der Waals surface area contributed by atoms with Gasteiger partial charge in [-0.3, -0.25) is 9.69 Å². The van der Waals surface area contributed by atoms with E-state index in [0.717, 1.165) is 29.0 Å². The third-order valence-electron chi connectivity index (χ3n) is 5.46. The van der Waals surface area contributed by atoms with Gasteiger partial charge in [0.1, 0.15) is 0 Å². The highest BCUT2D eigenvalue weighted by Gasteiger charge is 2.28. The molecule has 1 atom stereocenters. The molecule has 2 fully saturated rings. The van der Waals surface area contributed by atoms with Gasteiger partial charge in [-0.25, -0.2) is 0 Å². The molecular weight excluding hydrogens is 286 g/mol. The van der Waals surface area contributed by atoms with Crippen LogP contribution in [0.3, 0.4) is 0 Å². The van der Waals surface area contributed by atoms with Gasteiger partial charge in [-0.05, 0) is 48.9 Å². The second kappa shape index (κ2) is 6.36. The van der Waals surface area contributed by atoms with Crippen LogP contribution in [0.4, 0.5) is 5.69 Å². The molecule has 2 heterocycles. The summed E-state index contributed by atoms with van der Waals surface area (Å²) < 4.78 is 0. The highest BCUT2D eigenvalue weighted by molar-refractivity contribution is 5.84. The number of anilines is 1. The first kappa shape index (κ1) is 14.8. The Morgan fingerprint density at radius 3 is 2.83 bits per heavy atom. The van der Waals surface area contributed by atoms with Crippen LogP contribution in [0.2, 0.25) is 0 Å². The molecule has 1 saturated carbocycles. The standard InChI is InChI=1S/C19H25N3O/c23-19-18-7-6-15(12-14(18)8-10-20-19)21-16-9-11-22(13-16)17-4-2-1-3-5-17/h6-8,10,12,16-17,21H,1-5,9,11,13H2,(H,20,23). The molecular formula is C19H25N3O. The predicted molar refractivity (Wildman–Crippen MR) is 95.0 cm³/mol. The zero-order valence-electron chi connectivity index (χ0n) is 13.6. The van der Waals surface area contributed by atoms with Gasteiger partial charge < -0.3 is 10.3 Å². The first-order valence-corrected chi connectivity index (χ1v) is 8.92. The summed E-state index contributed by atoms with van der Waals surface area (Å²) in [6.45, 7) is 2.37. The lowest BCUT2D eigenvalue weighted by Crippen LogP contribution is -2.36. The summed E-state index contributed by atoms with van der Waals surface area (Å²) in [5.74, 6) is 0. The Morgan fingerprint density at radius 1 is 1.09 bits per heavy atom. The fraction of sp³-hybridized carbons (Fsp3) is 0.526. The van der Waals surface area contributed by atoms with Gasteiger partial charge in [0.25, 0.3) is 5.56 Å². The number of likely N-dealkylation sites (tertiary alicyclic amines) is 1. The lowest BCUT2D eigenvalue weighted by Gasteiger charge is -2.31. The zero-order chi connectivity index (χ0) is 15.6. The maximum Gasteiger partial charge on any atom is 0.255 e. The van der Waals surface area contributed by atoms with Crippen molar-refractivity contribution in [3.63, 3.8) is 0 Å². The highest BCUT2D eigenvalue weighted by Crippen LogP contribution is 2.27. The number of aromatic nitrogens is 1. The zero-order valence-corrected chi connectivity index (χ0v) is 13.6. The number of nitrogens with one attached hydrogen (secondary N) is 2. The van der Waals surface area contributed by atoms with Crippen molar-refractivity contribution in [2.45, 2.75) is 50.6 Å². The summed E-state index contributed by atoms with van der Waals surface area (Å²) in [4.78, 5) is 17.2. The molecule has 4 rings (SSSR count). The fourth-order valence-corrected chi connectivity index (χ4v) is 4.20. The molecule has 1 aromatic heterocycles. The Hall–Kier alpha value is -1.81. The predicted octanol–water partition coefficient (Wildman–Crippen LogP) is 3.35. The number of benzene rings is 1. The summed E-state index contributed by atoms with van der Waals surface area (Å²) in [6.07, 6.45) is 9.91. The fourth-order valence-electron chi connectivity index (χ4n) is 4.20. The third kappa shape index (κ3) is 3.13. The number of rotatable bonds is 3. The Labute approximate surface area is 136 Å². The van der Waals surface area contributed by atoms with E-state index >= 15 is 0 Å². The molecule has 4 nitrogen and oxygen atoms in total. The molecule has 23 heavy (non-hydrogen) atoms. The van der Waals surface area contributed by atoms with Crippen molar-refractivity contribution in [1.29, 1.82) is 0 Å². The molecule has 1 aliphatic heterocycles. The van der Waals surface area contributed by atoms with E-state index in [-0.39, 0.29) is 5.56 Å². The number of fused-ring (bicyclic) bond motifs is 1. The minimum Gasteiger partial charge on any atom is -0.381 e. The number of nitrogens with zero attached hydrogens (tertiary/aromatic N) is 1. The van der Waals surface area contributed by atoms with Gasteiger partial charge in [0.05, 0.1) is 0 Å². The highest BCUT2D eigenvalue weighted by atomic mass is 16.1. The quantitative estimate of drug-likeness (QED) is 0.914. The Kier molecular flexibility index (Phi) is 4.08. The number of hydrogen-bond donors (Lipinski definition) is 2. The van der Waals surface area contributed by atoms with Crippen molar-refractivity contribution in [2.75, 3.05) is 18.4 Å². The van der Waals surface area contributed by atoms with E-state index in [0.29, 0.717) is 6.04 Å². The SMILES string of the molecule is O=c1[nH]ccc2cc(NC3CCN(C4CCCCC4)C3)ccc12. The van der Waals surface area contributed by atoms with Crippen LogP contribution >= 0.6 is 0 Å². The summed E-state index contributed by atoms with van der Waals surface area (Å²) in [6, 6.07) is 9.34. The lowest BCUT2D eigenvalue weighted by molar-refractivity contribution is 0.190. The van der Waals surface area contributed by atoms with E-state index < -0.39 is 0 Å². The molecule has 2 N–H and O–H groups in total. The van der Waals surface area contributed by atoms with Gasteiger partial charge >= 0.3 is 0 Å². The van der Waals surface area contributed by atoms with Gasteiger partial charge in [-0.2, -0.15) is 0 Å². The maximum atomic E-state index is 11.8. The molecule has 1 aliphatic carbocycles. The normalized spacial score (nSPS) is 23.4. The van der Waals surface area contributed by atoms with Crippen LogP contribution in [0.25, 0.3) is 10.8 Å². The first-order chi connectivity index (χ1) is 11.3. The van der Waals surface area contributed by atoms with Crippen LogP contribution in [-0.2, 0) is 0 Å². The van der Waals surface area contributed by atoms with Crippen LogP contribution in [-0.4, -0.2) is 35.1 Å². The average molecular weight is 311 g/mol. The van der Waals surface area contributed by atoms with Crippen molar-refractivity contribution < 1.29 is 0 Å². The van der Waals surface area contributed by atoms with E-state index in [2.05, 4.69) is 21.3 Å². The van der Waals surface area contributed by atoms with Crippen LogP contribution in [0.5, 0.6) is 0 Å². The minimum absolute atomic E-state index is 0.0154. The monoisotopic (exact) mass is 311 g/mol. The van der Waals surface area contributed by atoms with Crippen LogP contribution in [0.1, 0.15) is 38.5 Å². The van der Waals surface area contributed by atoms with Gasteiger partial charge in [-0.15, -0.1) is 0 Å². The molecule has 4 heteroatoms. The second-order valence-electron chi connectivity index (χ2n) is 7.03. The number of hydrogen-bond acceptors (Lipinski definition) is 3. The third-order valence-corrected chi connectivity index (χ3v) is 5.46. The summed E-state index contributed by atoms with van der Waals surface area (Å²) in [5, 5.41) is 5.43. The van der Waals surface area contributed by atoms with Crippen molar-refractivity contribution in [3.8, 4) is 0 Å². The largest absolute Gasteiger partial charge is 0.381 e. The molecule has 122 valence electrons. The van der Waals surface area contributed by atoms with E-state index in [1.807, 2.05) is 18.2 Å². The van der Waals surface area contributed by atoms with Crippen molar-refractivity contribution >= 4 is 16.5 Å². The molecule has 1 saturated heterocycles.